The fourth-order valence-electron chi connectivity index (χ4n) is 2.30. The Kier molecular flexibility index (Phi) is 8.98. The van der Waals surface area contributed by atoms with Gasteiger partial charge in [0.1, 0.15) is 5.75 Å². The summed E-state index contributed by atoms with van der Waals surface area (Å²) in [7, 11) is 5.09. The number of aromatic hydroxyl groups is 1. The van der Waals surface area contributed by atoms with Crippen LogP contribution in [-0.4, -0.2) is 10.6 Å². The zero-order valence-electron chi connectivity index (χ0n) is 14.9. The maximum atomic E-state index is 10.3. The fraction of sp³-hybridized carbons (Fsp3) is 0.368. The van der Waals surface area contributed by atoms with E-state index < -0.39 is 0 Å². The molecule has 2 nitrogen and oxygen atoms in total. The third-order valence-corrected chi connectivity index (χ3v) is 4.86. The van der Waals surface area contributed by atoms with Gasteiger partial charge in [-0.05, 0) is 36.3 Å². The molecule has 24 heavy (non-hydrogen) atoms. The molecular weight excluding hydrogens is 373 g/mol. The first-order chi connectivity index (χ1) is 11.3. The Balaban J connectivity index is 0.00000139. The zero-order valence-corrected chi connectivity index (χ0v) is 18.3. The van der Waals surface area contributed by atoms with E-state index in [9.17, 15) is 5.11 Å². The third-order valence-electron chi connectivity index (χ3n) is 3.46. The number of nitrogens with zero attached hydrogens (tertiary/aromatic N) is 1. The molecule has 5 heteroatoms. The summed E-state index contributed by atoms with van der Waals surface area (Å²) in [5, 5.41) is 17.3. The van der Waals surface area contributed by atoms with E-state index in [0.717, 1.165) is 17.4 Å². The molecule has 1 N–H and O–H groups in total. The van der Waals surface area contributed by atoms with Gasteiger partial charge >= 0.3 is 28.7 Å². The summed E-state index contributed by atoms with van der Waals surface area (Å²) >= 11 is 1.47. The van der Waals surface area contributed by atoms with Gasteiger partial charge < -0.3 is 10.4 Å². The Morgan fingerprint density at radius 2 is 1.71 bits per heavy atom. The molecule has 0 aromatic heterocycles. The van der Waals surface area contributed by atoms with Gasteiger partial charge in [0.25, 0.3) is 0 Å². The van der Waals surface area contributed by atoms with Gasteiger partial charge in [-0.2, -0.15) is 0 Å². The summed E-state index contributed by atoms with van der Waals surface area (Å²) in [4.78, 5) is 0. The van der Waals surface area contributed by atoms with Crippen LogP contribution in [0.4, 0.5) is 0 Å². The van der Waals surface area contributed by atoms with Gasteiger partial charge in [-0.3, -0.25) is 0 Å². The van der Waals surface area contributed by atoms with Crippen LogP contribution in [0.5, 0.6) is 5.75 Å². The second kappa shape index (κ2) is 9.95. The summed E-state index contributed by atoms with van der Waals surface area (Å²) < 4.78 is 0. The van der Waals surface area contributed by atoms with Crippen molar-refractivity contribution in [3.63, 3.8) is 0 Å². The molecule has 0 radical (unpaired) electrons. The van der Waals surface area contributed by atoms with Gasteiger partial charge in [0.2, 0.25) is 0 Å². The Morgan fingerprint density at radius 1 is 1.08 bits per heavy atom. The first kappa shape index (κ1) is 21.7. The number of phenolic OH excluding ortho intramolecular Hbond substituents is 1. The fourth-order valence-corrected chi connectivity index (χ4v) is 3.71. The van der Waals surface area contributed by atoms with E-state index in [1.165, 1.54) is 35.8 Å². The summed E-state index contributed by atoms with van der Waals surface area (Å²) in [6.07, 6.45) is 0. The quantitative estimate of drug-likeness (QED) is 0.572. The minimum atomic E-state index is -0.0295. The van der Waals surface area contributed by atoms with E-state index in [1.807, 2.05) is 13.0 Å². The normalized spacial score (nSPS) is 11.4. The van der Waals surface area contributed by atoms with Gasteiger partial charge in [0.05, 0.1) is 0 Å². The van der Waals surface area contributed by atoms with Gasteiger partial charge in [-0.15, -0.1) is 12.1 Å². The Labute approximate surface area is 163 Å². The van der Waals surface area contributed by atoms with E-state index in [-0.39, 0.29) is 5.54 Å². The molecule has 0 aliphatic heterocycles. The van der Waals surface area contributed by atoms with Crippen LogP contribution in [0.3, 0.4) is 0 Å². The Hall–Kier alpha value is -0.366. The van der Waals surface area contributed by atoms with Crippen molar-refractivity contribution in [2.75, 3.05) is 0 Å². The number of aryl methyl sites for hydroxylation is 2. The molecular formula is C19H25ClNOPTi. The second-order valence-corrected chi connectivity index (χ2v) is 8.07. The summed E-state index contributed by atoms with van der Waals surface area (Å²) in [6.45, 7) is 11.1. The maximum absolute atomic E-state index is 10.3. The van der Waals surface area contributed by atoms with Crippen molar-refractivity contribution in [1.29, 1.82) is 0 Å². The van der Waals surface area contributed by atoms with E-state index in [2.05, 4.69) is 67.3 Å². The van der Waals surface area contributed by atoms with Crippen molar-refractivity contribution in [2.24, 2.45) is 0 Å². The van der Waals surface area contributed by atoms with Crippen LogP contribution in [0.1, 0.15) is 37.5 Å². The third kappa shape index (κ3) is 6.86. The number of hydrogen-bond donors (Lipinski definition) is 1. The average Bonchev–Trinajstić information content (AvgIpc) is 2.52. The zero-order chi connectivity index (χ0) is 18.3. The molecule has 0 aliphatic rings. The number of rotatable bonds is 4. The molecule has 0 spiro atoms. The Bertz CT molecular complexity index is 671. The summed E-state index contributed by atoms with van der Waals surface area (Å²) in [6, 6.07) is 12.5. The van der Waals surface area contributed by atoms with Crippen LogP contribution in [0, 0.1) is 13.8 Å². The molecule has 0 amide bonds. The van der Waals surface area contributed by atoms with Gasteiger partial charge in [-0.25, -0.2) is 0 Å². The molecule has 2 aromatic rings. The van der Waals surface area contributed by atoms with Crippen LogP contribution in [0.2, 0.25) is 0 Å². The molecule has 0 saturated heterocycles. The van der Waals surface area contributed by atoms with Crippen molar-refractivity contribution >= 4 is 28.5 Å². The van der Waals surface area contributed by atoms with Crippen molar-refractivity contribution in [3.8, 4) is 5.75 Å². The Morgan fingerprint density at radius 3 is 2.33 bits per heavy atom. The van der Waals surface area contributed by atoms with Crippen molar-refractivity contribution in [1.82, 2.24) is 0 Å². The minimum absolute atomic E-state index is 0.0295. The molecule has 0 heterocycles. The number of phenols is 1. The van der Waals surface area contributed by atoms with Crippen molar-refractivity contribution in [2.45, 2.75) is 46.7 Å². The second-order valence-electron chi connectivity index (χ2n) is 6.75. The summed E-state index contributed by atoms with van der Waals surface area (Å²) in [5.74, 6) is 0.423. The molecule has 0 saturated carbocycles. The first-order valence-electron chi connectivity index (χ1n) is 7.79. The molecule has 0 fully saturated rings. The number of benzene rings is 2. The van der Waals surface area contributed by atoms with Gasteiger partial charge in [-0.1, -0.05) is 65.2 Å². The monoisotopic (exact) mass is 397 g/mol. The van der Waals surface area contributed by atoms with Crippen LogP contribution in [0.25, 0.3) is 5.32 Å². The predicted molar refractivity (Wildman–Crippen MR) is 104 cm³/mol. The first-order valence-corrected chi connectivity index (χ1v) is 10.9. The number of halogens is 1. The molecule has 2 aromatic carbocycles. The molecule has 2 rings (SSSR count). The van der Waals surface area contributed by atoms with Gasteiger partial charge in [0.15, 0.2) is 0 Å². The van der Waals surface area contributed by atoms with Crippen LogP contribution < -0.4 is 10.6 Å². The van der Waals surface area contributed by atoms with Gasteiger partial charge in [0, 0.05) is 5.30 Å². The summed E-state index contributed by atoms with van der Waals surface area (Å²) in [5.41, 5.74) is 3.35. The SMILES string of the molecule is Cc1cc(C)c(O)c(Pc2ccccc2C[N-]C(C)(C)C)c1.[Cl][Ti+]. The average molecular weight is 398 g/mol. The molecule has 1 atom stereocenters. The molecule has 128 valence electrons. The van der Waals surface area contributed by atoms with Crippen molar-refractivity contribution in [3.05, 3.63) is 58.4 Å². The predicted octanol–water partition coefficient (Wildman–Crippen LogP) is 5.00. The van der Waals surface area contributed by atoms with E-state index in [4.69, 9.17) is 5.32 Å². The van der Waals surface area contributed by atoms with E-state index in [1.54, 1.807) is 0 Å². The molecule has 0 aliphatic carbocycles. The number of hydrogen-bond acceptors (Lipinski definition) is 1. The van der Waals surface area contributed by atoms with Crippen molar-refractivity contribution < 1.29 is 24.5 Å². The standard InChI is InChI=1S/C19H25NOP.ClH.Ti/c1-13-10-14(2)18(21)17(11-13)22-16-9-7-6-8-15(16)12-20-19(3,4)5;;/h6-11,21-22H,12H2,1-5H3;1H;/q-1;;+2/p-1. The van der Waals surface area contributed by atoms with Crippen LogP contribution >= 0.6 is 17.9 Å². The topological polar surface area (TPSA) is 34.3 Å². The van der Waals surface area contributed by atoms with E-state index >= 15 is 0 Å². The van der Waals surface area contributed by atoms with Crippen LogP contribution in [0.15, 0.2) is 36.4 Å². The molecule has 0 bridgehead atoms. The van der Waals surface area contributed by atoms with Crippen LogP contribution in [-0.2, 0) is 25.9 Å². The molecule has 1 unspecified atom stereocenters. The van der Waals surface area contributed by atoms with E-state index in [0.29, 0.717) is 14.3 Å².